The lowest BCUT2D eigenvalue weighted by Crippen LogP contribution is -2.27. The average molecular weight is 418 g/mol. The summed E-state index contributed by atoms with van der Waals surface area (Å²) in [6, 6.07) is 6.55. The minimum Gasteiger partial charge on any atom is -0.409 e. The van der Waals surface area contributed by atoms with Crippen molar-refractivity contribution in [1.29, 1.82) is 0 Å². The number of pyridine rings is 1. The molecule has 3 aromatic rings. The van der Waals surface area contributed by atoms with E-state index in [-0.39, 0.29) is 10.9 Å². The van der Waals surface area contributed by atoms with Gasteiger partial charge in [-0.25, -0.2) is 9.37 Å². The number of fused-ring (bicyclic) bond motifs is 1. The minimum absolute atomic E-state index is 0.0312. The Kier molecular flexibility index (Phi) is 5.50. The van der Waals surface area contributed by atoms with E-state index in [0.717, 1.165) is 13.1 Å². The third-order valence-corrected chi connectivity index (χ3v) is 5.15. The van der Waals surface area contributed by atoms with E-state index in [1.54, 1.807) is 12.3 Å². The number of hydrogen-bond acceptors (Lipinski definition) is 6. The number of hydrogen-bond donors (Lipinski definition) is 4. The van der Waals surface area contributed by atoms with Gasteiger partial charge in [-0.3, -0.25) is 0 Å². The molecule has 0 spiro atoms. The van der Waals surface area contributed by atoms with E-state index >= 15 is 0 Å². The molecular weight excluding hydrogens is 397 g/mol. The smallest absolute Gasteiger partial charge is 0.202 e. The Hall–Kier alpha value is -2.91. The van der Waals surface area contributed by atoms with Gasteiger partial charge in [0.15, 0.2) is 11.5 Å². The van der Waals surface area contributed by atoms with Crippen LogP contribution in [0.2, 0.25) is 5.02 Å². The van der Waals surface area contributed by atoms with Crippen LogP contribution in [0.3, 0.4) is 0 Å². The first-order valence-corrected chi connectivity index (χ1v) is 9.66. The highest BCUT2D eigenvalue weighted by atomic mass is 35.5. The van der Waals surface area contributed by atoms with Crippen molar-refractivity contribution in [3.63, 3.8) is 0 Å². The first-order chi connectivity index (χ1) is 14.0. The monoisotopic (exact) mass is 417 g/mol. The van der Waals surface area contributed by atoms with Crippen molar-refractivity contribution >= 4 is 40.2 Å². The summed E-state index contributed by atoms with van der Waals surface area (Å²) >= 11 is 5.82. The zero-order chi connectivity index (χ0) is 20.4. The van der Waals surface area contributed by atoms with Gasteiger partial charge in [0.05, 0.1) is 10.5 Å². The molecule has 4 rings (SSSR count). The maximum atomic E-state index is 13.4. The fourth-order valence-corrected chi connectivity index (χ4v) is 3.28. The van der Waals surface area contributed by atoms with Gasteiger partial charge in [-0.15, -0.1) is 0 Å². The SMILES string of the molecule is CN(CCNc1nc2nccc(/C(=N/O)Nc3ccc(F)c(Cl)c3)c2[nH]1)C1CC1. The van der Waals surface area contributed by atoms with Crippen LogP contribution >= 0.6 is 11.6 Å². The number of amidine groups is 1. The molecule has 0 radical (unpaired) electrons. The fourth-order valence-electron chi connectivity index (χ4n) is 3.10. The van der Waals surface area contributed by atoms with Crippen molar-refractivity contribution in [2.45, 2.75) is 18.9 Å². The molecule has 2 aromatic heterocycles. The standard InChI is InChI=1S/C19H21ClFN7O/c1-28(12-3-4-12)9-8-23-19-25-16-13(6-7-22-18(16)26-19)17(27-29)24-11-2-5-15(21)14(20)10-11/h2,5-7,10,12,29H,3-4,8-9H2,1H3,(H,24,27)(H2,22,23,25,26). The van der Waals surface area contributed by atoms with Crippen molar-refractivity contribution in [2.24, 2.45) is 5.16 Å². The number of halogens is 2. The Morgan fingerprint density at radius 2 is 2.24 bits per heavy atom. The molecule has 29 heavy (non-hydrogen) atoms. The molecule has 152 valence electrons. The number of aromatic nitrogens is 3. The number of H-pyrrole nitrogens is 1. The first kappa shape index (κ1) is 19.4. The molecule has 0 unspecified atom stereocenters. The lowest BCUT2D eigenvalue weighted by molar-refractivity contribution is 0.319. The number of oxime groups is 1. The molecule has 0 aliphatic heterocycles. The predicted octanol–water partition coefficient (Wildman–Crippen LogP) is 3.50. The first-order valence-electron chi connectivity index (χ1n) is 9.28. The molecule has 1 fully saturated rings. The van der Waals surface area contributed by atoms with Crippen molar-refractivity contribution in [3.05, 3.63) is 46.9 Å². The van der Waals surface area contributed by atoms with Crippen LogP contribution in [0.4, 0.5) is 16.0 Å². The van der Waals surface area contributed by atoms with E-state index in [2.05, 4.69) is 42.7 Å². The Bertz CT molecular complexity index is 1050. The normalized spacial score (nSPS) is 14.6. The third kappa shape index (κ3) is 4.41. The van der Waals surface area contributed by atoms with Crippen molar-refractivity contribution in [2.75, 3.05) is 30.8 Å². The summed E-state index contributed by atoms with van der Waals surface area (Å²) in [5.74, 6) is 0.220. The number of nitrogens with zero attached hydrogens (tertiary/aromatic N) is 4. The summed E-state index contributed by atoms with van der Waals surface area (Å²) < 4.78 is 13.4. The molecule has 0 amide bonds. The Labute approximate surface area is 171 Å². The summed E-state index contributed by atoms with van der Waals surface area (Å²) in [6.45, 7) is 1.66. The van der Waals surface area contributed by atoms with Crippen molar-refractivity contribution < 1.29 is 9.60 Å². The minimum atomic E-state index is -0.525. The van der Waals surface area contributed by atoms with Gasteiger partial charge in [0.1, 0.15) is 5.82 Å². The number of aromatic amines is 1. The maximum absolute atomic E-state index is 13.4. The molecule has 10 heteroatoms. The molecular formula is C19H21ClFN7O. The third-order valence-electron chi connectivity index (χ3n) is 4.86. The number of rotatable bonds is 7. The van der Waals surface area contributed by atoms with E-state index in [1.165, 1.54) is 31.0 Å². The number of nitrogens with one attached hydrogen (secondary N) is 3. The zero-order valence-corrected chi connectivity index (χ0v) is 16.5. The topological polar surface area (TPSA) is 101 Å². The van der Waals surface area contributed by atoms with E-state index in [0.29, 0.717) is 34.4 Å². The van der Waals surface area contributed by atoms with Crippen LogP contribution in [0.5, 0.6) is 0 Å². The highest BCUT2D eigenvalue weighted by molar-refractivity contribution is 6.31. The Morgan fingerprint density at radius 1 is 1.41 bits per heavy atom. The molecule has 1 aliphatic carbocycles. The van der Waals surface area contributed by atoms with Crippen LogP contribution in [-0.2, 0) is 0 Å². The summed E-state index contributed by atoms with van der Waals surface area (Å²) in [6.07, 6.45) is 4.11. The van der Waals surface area contributed by atoms with E-state index in [1.807, 2.05) is 0 Å². The quantitative estimate of drug-likeness (QED) is 0.203. The van der Waals surface area contributed by atoms with Gasteiger partial charge in [-0.1, -0.05) is 16.8 Å². The molecule has 0 saturated heterocycles. The van der Waals surface area contributed by atoms with Crippen LogP contribution in [0.15, 0.2) is 35.6 Å². The second-order valence-electron chi connectivity index (χ2n) is 6.98. The molecule has 1 aliphatic rings. The summed E-state index contributed by atoms with van der Waals surface area (Å²) in [7, 11) is 2.12. The van der Waals surface area contributed by atoms with Crippen LogP contribution in [0, 0.1) is 5.82 Å². The van der Waals surface area contributed by atoms with Gasteiger partial charge in [-0.2, -0.15) is 4.98 Å². The van der Waals surface area contributed by atoms with Crippen LogP contribution in [-0.4, -0.2) is 57.1 Å². The number of anilines is 2. The summed E-state index contributed by atoms with van der Waals surface area (Å²) in [4.78, 5) is 14.2. The second-order valence-corrected chi connectivity index (χ2v) is 7.39. The van der Waals surface area contributed by atoms with Gasteiger partial charge >= 0.3 is 0 Å². The number of imidazole rings is 1. The highest BCUT2D eigenvalue weighted by Gasteiger charge is 2.25. The molecule has 1 aromatic carbocycles. The van der Waals surface area contributed by atoms with Gasteiger partial charge in [-0.05, 0) is 44.2 Å². The fraction of sp³-hybridized carbons (Fsp3) is 0.316. The summed E-state index contributed by atoms with van der Waals surface area (Å²) in [5, 5.41) is 19.0. The zero-order valence-electron chi connectivity index (χ0n) is 15.8. The lowest BCUT2D eigenvalue weighted by atomic mass is 10.2. The molecule has 0 bridgehead atoms. The molecule has 4 N–H and O–H groups in total. The highest BCUT2D eigenvalue weighted by Crippen LogP contribution is 2.25. The van der Waals surface area contributed by atoms with Gasteiger partial charge in [0, 0.05) is 36.6 Å². The summed E-state index contributed by atoms with van der Waals surface area (Å²) in [5.41, 5.74) is 2.14. The second kappa shape index (κ2) is 8.22. The molecule has 2 heterocycles. The Balaban J connectivity index is 1.52. The van der Waals surface area contributed by atoms with E-state index < -0.39 is 5.82 Å². The van der Waals surface area contributed by atoms with Crippen molar-refractivity contribution in [3.8, 4) is 0 Å². The number of benzene rings is 1. The van der Waals surface area contributed by atoms with Crippen LogP contribution in [0.1, 0.15) is 18.4 Å². The molecule has 0 atom stereocenters. The Morgan fingerprint density at radius 3 is 2.97 bits per heavy atom. The van der Waals surface area contributed by atoms with Gasteiger partial charge in [0.2, 0.25) is 5.95 Å². The maximum Gasteiger partial charge on any atom is 0.202 e. The predicted molar refractivity (Wildman–Crippen MR) is 111 cm³/mol. The lowest BCUT2D eigenvalue weighted by Gasteiger charge is -2.15. The van der Waals surface area contributed by atoms with Gasteiger partial charge < -0.3 is 25.7 Å². The number of likely N-dealkylation sites (N-methyl/N-ethyl adjacent to an activating group) is 1. The van der Waals surface area contributed by atoms with E-state index in [4.69, 9.17) is 11.6 Å². The molecule has 1 saturated carbocycles. The van der Waals surface area contributed by atoms with Gasteiger partial charge in [0.25, 0.3) is 0 Å². The van der Waals surface area contributed by atoms with Crippen LogP contribution in [0.25, 0.3) is 11.2 Å². The van der Waals surface area contributed by atoms with E-state index in [9.17, 15) is 9.60 Å². The average Bonchev–Trinajstić information content (AvgIpc) is 3.48. The van der Waals surface area contributed by atoms with Crippen molar-refractivity contribution in [1.82, 2.24) is 19.9 Å². The molecule has 8 nitrogen and oxygen atoms in total. The largest absolute Gasteiger partial charge is 0.409 e. The van der Waals surface area contributed by atoms with Crippen LogP contribution < -0.4 is 10.6 Å².